The molecule has 0 spiro atoms. The molecule has 0 saturated carbocycles. The first kappa shape index (κ1) is 19.2. The Morgan fingerprint density at radius 2 is 2.00 bits per heavy atom. The number of aryl methyl sites for hydroxylation is 1. The summed E-state index contributed by atoms with van der Waals surface area (Å²) in [5.41, 5.74) is 1.77. The minimum Gasteiger partial charge on any atom is -0.343 e. The Balaban J connectivity index is 0.00000400. The molecule has 0 radical (unpaired) electrons. The highest BCUT2D eigenvalue weighted by molar-refractivity contribution is 5.92. The maximum Gasteiger partial charge on any atom is 0.319 e. The summed E-state index contributed by atoms with van der Waals surface area (Å²) in [7, 11) is 3.53. The van der Waals surface area contributed by atoms with E-state index in [2.05, 4.69) is 16.0 Å². The monoisotopic (exact) mass is 314 g/mol. The van der Waals surface area contributed by atoms with Gasteiger partial charge in [0.1, 0.15) is 0 Å². The molecule has 21 heavy (non-hydrogen) atoms. The lowest BCUT2D eigenvalue weighted by Gasteiger charge is -2.17. The summed E-state index contributed by atoms with van der Waals surface area (Å²) in [6.07, 6.45) is 0. The van der Waals surface area contributed by atoms with Gasteiger partial charge in [-0.25, -0.2) is 4.79 Å². The zero-order chi connectivity index (χ0) is 15.0. The Kier molecular flexibility index (Phi) is 9.16. The quantitative estimate of drug-likeness (QED) is 0.739. The first-order chi connectivity index (χ1) is 9.52. The molecule has 0 unspecified atom stereocenters. The molecule has 0 bridgehead atoms. The number of benzene rings is 1. The fourth-order valence-corrected chi connectivity index (χ4v) is 1.59. The van der Waals surface area contributed by atoms with E-state index in [0.29, 0.717) is 12.2 Å². The van der Waals surface area contributed by atoms with Gasteiger partial charge >= 0.3 is 6.03 Å². The molecule has 1 rings (SSSR count). The van der Waals surface area contributed by atoms with Gasteiger partial charge in [0.25, 0.3) is 0 Å². The topological polar surface area (TPSA) is 73.5 Å². The zero-order valence-corrected chi connectivity index (χ0v) is 13.4. The average molecular weight is 315 g/mol. The van der Waals surface area contributed by atoms with Gasteiger partial charge in [-0.1, -0.05) is 12.1 Å². The molecule has 0 aromatic heterocycles. The Labute approximate surface area is 131 Å². The van der Waals surface area contributed by atoms with E-state index >= 15 is 0 Å². The molecule has 0 heterocycles. The van der Waals surface area contributed by atoms with Gasteiger partial charge < -0.3 is 20.9 Å². The van der Waals surface area contributed by atoms with Crippen LogP contribution in [0.15, 0.2) is 24.3 Å². The van der Waals surface area contributed by atoms with Crippen molar-refractivity contribution in [2.45, 2.75) is 6.92 Å². The highest BCUT2D eigenvalue weighted by Gasteiger charge is 2.09. The number of likely N-dealkylation sites (N-methyl/N-ethyl adjacent to an activating group) is 2. The fourth-order valence-electron chi connectivity index (χ4n) is 1.59. The van der Waals surface area contributed by atoms with Crippen molar-refractivity contribution in [3.8, 4) is 0 Å². The highest BCUT2D eigenvalue weighted by Crippen LogP contribution is 2.08. The first-order valence-electron chi connectivity index (χ1n) is 6.53. The third-order valence-electron chi connectivity index (χ3n) is 2.80. The Hall–Kier alpha value is -1.79. The van der Waals surface area contributed by atoms with Gasteiger partial charge in [0, 0.05) is 25.8 Å². The molecule has 0 aliphatic heterocycles. The maximum atomic E-state index is 11.7. The third kappa shape index (κ3) is 7.53. The largest absolute Gasteiger partial charge is 0.343 e. The Bertz CT molecular complexity index is 468. The number of carbonyl (C=O) groups is 2. The van der Waals surface area contributed by atoms with Crippen molar-refractivity contribution in [2.24, 2.45) is 0 Å². The second kappa shape index (κ2) is 10.0. The van der Waals surface area contributed by atoms with Crippen LogP contribution in [0.5, 0.6) is 0 Å². The van der Waals surface area contributed by atoms with Gasteiger partial charge in [-0.3, -0.25) is 4.79 Å². The molecule has 3 N–H and O–H groups in total. The lowest BCUT2D eigenvalue weighted by molar-refractivity contribution is -0.128. The highest BCUT2D eigenvalue weighted by atomic mass is 35.5. The van der Waals surface area contributed by atoms with Gasteiger partial charge in [-0.2, -0.15) is 0 Å². The van der Waals surface area contributed by atoms with E-state index < -0.39 is 0 Å². The summed E-state index contributed by atoms with van der Waals surface area (Å²) in [6, 6.07) is 7.09. The molecule has 0 saturated heterocycles. The Morgan fingerprint density at radius 1 is 1.29 bits per heavy atom. The zero-order valence-electron chi connectivity index (χ0n) is 12.6. The standard InChI is InChI=1S/C14H22N4O2.ClH/c1-11-5-4-6-12(9-11)17-14(20)16-10-13(19)18(3)8-7-15-2;/h4-6,9,15H,7-8,10H2,1-3H3,(H2,16,17,20);1H. The van der Waals surface area contributed by atoms with Crippen LogP contribution < -0.4 is 16.0 Å². The van der Waals surface area contributed by atoms with Crippen LogP contribution in [0.1, 0.15) is 5.56 Å². The van der Waals surface area contributed by atoms with E-state index in [1.807, 2.05) is 32.2 Å². The molecular weight excluding hydrogens is 292 g/mol. The molecule has 7 heteroatoms. The minimum atomic E-state index is -0.383. The molecule has 118 valence electrons. The van der Waals surface area contributed by atoms with Gasteiger partial charge in [-0.05, 0) is 31.7 Å². The average Bonchev–Trinajstić information content (AvgIpc) is 2.42. The molecule has 1 aromatic rings. The second-order valence-corrected chi connectivity index (χ2v) is 4.60. The van der Waals surface area contributed by atoms with Gasteiger partial charge in [-0.15, -0.1) is 12.4 Å². The maximum absolute atomic E-state index is 11.7. The number of nitrogens with zero attached hydrogens (tertiary/aromatic N) is 1. The summed E-state index contributed by atoms with van der Waals surface area (Å²) in [5, 5.41) is 8.20. The van der Waals surface area contributed by atoms with Gasteiger partial charge in [0.15, 0.2) is 0 Å². The summed E-state index contributed by atoms with van der Waals surface area (Å²) in [6.45, 7) is 3.26. The SMILES string of the molecule is CNCCN(C)C(=O)CNC(=O)Nc1cccc(C)c1.Cl. The summed E-state index contributed by atoms with van der Waals surface area (Å²) < 4.78 is 0. The van der Waals surface area contributed by atoms with E-state index in [1.165, 1.54) is 0 Å². The van der Waals surface area contributed by atoms with Crippen LogP contribution in [0.25, 0.3) is 0 Å². The number of nitrogens with one attached hydrogen (secondary N) is 3. The van der Waals surface area contributed by atoms with Crippen molar-refractivity contribution in [3.05, 3.63) is 29.8 Å². The van der Waals surface area contributed by atoms with Crippen molar-refractivity contribution in [3.63, 3.8) is 0 Å². The molecule has 0 atom stereocenters. The number of amides is 3. The number of anilines is 1. The molecule has 1 aromatic carbocycles. The molecular formula is C14H23ClN4O2. The summed E-state index contributed by atoms with van der Waals surface area (Å²) in [4.78, 5) is 24.9. The van der Waals surface area contributed by atoms with Gasteiger partial charge in [0.2, 0.25) is 5.91 Å². The summed E-state index contributed by atoms with van der Waals surface area (Å²) >= 11 is 0. The van der Waals surface area contributed by atoms with Crippen LogP contribution in [-0.4, -0.2) is 50.6 Å². The van der Waals surface area contributed by atoms with Crippen LogP contribution in [-0.2, 0) is 4.79 Å². The number of hydrogen-bond acceptors (Lipinski definition) is 3. The molecule has 6 nitrogen and oxygen atoms in total. The molecule has 0 fully saturated rings. The van der Waals surface area contributed by atoms with Crippen molar-refractivity contribution in [1.82, 2.24) is 15.5 Å². The Morgan fingerprint density at radius 3 is 2.62 bits per heavy atom. The second-order valence-electron chi connectivity index (χ2n) is 4.60. The van der Waals surface area contributed by atoms with Crippen LogP contribution in [0.4, 0.5) is 10.5 Å². The molecule has 0 aliphatic rings. The number of rotatable bonds is 6. The minimum absolute atomic E-state index is 0. The predicted octanol–water partition coefficient (Wildman–Crippen LogP) is 1.22. The summed E-state index contributed by atoms with van der Waals surface area (Å²) in [5.74, 6) is -0.125. The van der Waals surface area contributed by atoms with E-state index in [0.717, 1.165) is 12.1 Å². The van der Waals surface area contributed by atoms with Crippen LogP contribution in [0, 0.1) is 6.92 Å². The predicted molar refractivity (Wildman–Crippen MR) is 87.0 cm³/mol. The van der Waals surface area contributed by atoms with Crippen molar-refractivity contribution < 1.29 is 9.59 Å². The number of carbonyl (C=O) groups excluding carboxylic acids is 2. The number of halogens is 1. The van der Waals surface area contributed by atoms with E-state index in [1.54, 1.807) is 18.0 Å². The van der Waals surface area contributed by atoms with Crippen LogP contribution in [0.2, 0.25) is 0 Å². The molecule has 3 amide bonds. The van der Waals surface area contributed by atoms with Crippen molar-refractivity contribution >= 4 is 30.0 Å². The lowest BCUT2D eigenvalue weighted by Crippen LogP contribution is -2.41. The molecule has 0 aliphatic carbocycles. The normalized spacial score (nSPS) is 9.48. The van der Waals surface area contributed by atoms with Crippen LogP contribution >= 0.6 is 12.4 Å². The van der Waals surface area contributed by atoms with Crippen molar-refractivity contribution in [1.29, 1.82) is 0 Å². The first-order valence-corrected chi connectivity index (χ1v) is 6.53. The third-order valence-corrected chi connectivity index (χ3v) is 2.80. The van der Waals surface area contributed by atoms with E-state index in [-0.39, 0.29) is 30.9 Å². The number of urea groups is 1. The van der Waals surface area contributed by atoms with Crippen LogP contribution in [0.3, 0.4) is 0 Å². The number of hydrogen-bond donors (Lipinski definition) is 3. The lowest BCUT2D eigenvalue weighted by atomic mass is 10.2. The fraction of sp³-hybridized carbons (Fsp3) is 0.429. The van der Waals surface area contributed by atoms with E-state index in [9.17, 15) is 9.59 Å². The smallest absolute Gasteiger partial charge is 0.319 e. The van der Waals surface area contributed by atoms with Crippen molar-refractivity contribution in [2.75, 3.05) is 39.0 Å². The van der Waals surface area contributed by atoms with Gasteiger partial charge in [0.05, 0.1) is 6.54 Å². The van der Waals surface area contributed by atoms with E-state index in [4.69, 9.17) is 0 Å².